The Morgan fingerprint density at radius 3 is 2.88 bits per heavy atom. The first-order valence-corrected chi connectivity index (χ1v) is 5.79. The van der Waals surface area contributed by atoms with Crippen molar-refractivity contribution in [3.05, 3.63) is 29.8 Å². The van der Waals surface area contributed by atoms with E-state index in [1.54, 1.807) is 24.3 Å². The molecule has 88 valence electrons. The number of para-hydroxylation sites is 1. The van der Waals surface area contributed by atoms with E-state index in [4.69, 9.17) is 0 Å². The van der Waals surface area contributed by atoms with Crippen LogP contribution in [0.15, 0.2) is 24.3 Å². The van der Waals surface area contributed by atoms with Crippen LogP contribution >= 0.6 is 0 Å². The van der Waals surface area contributed by atoms with E-state index in [-0.39, 0.29) is 11.7 Å². The lowest BCUT2D eigenvalue weighted by atomic mass is 9.89. The highest BCUT2D eigenvalue weighted by molar-refractivity contribution is 5.34. The van der Waals surface area contributed by atoms with Gasteiger partial charge in [0, 0.05) is 18.0 Å². The number of phenolic OH excluding ortho intramolecular Hbond substituents is 1. The van der Waals surface area contributed by atoms with Crippen LogP contribution in [0.1, 0.15) is 24.6 Å². The lowest BCUT2D eigenvalue weighted by Crippen LogP contribution is -2.34. The van der Waals surface area contributed by atoms with Crippen molar-refractivity contribution >= 4 is 0 Å². The minimum Gasteiger partial charge on any atom is -0.508 e. The van der Waals surface area contributed by atoms with E-state index in [9.17, 15) is 9.50 Å². The van der Waals surface area contributed by atoms with E-state index < -0.39 is 6.17 Å². The molecule has 0 aromatic heterocycles. The summed E-state index contributed by atoms with van der Waals surface area (Å²) in [5.41, 5.74) is 0.433. The fourth-order valence-electron chi connectivity index (χ4n) is 2.42. The van der Waals surface area contributed by atoms with Gasteiger partial charge in [0.05, 0.1) is 0 Å². The third-order valence-corrected chi connectivity index (χ3v) is 3.31. The fourth-order valence-corrected chi connectivity index (χ4v) is 2.42. The van der Waals surface area contributed by atoms with Gasteiger partial charge in [0.25, 0.3) is 0 Å². The van der Waals surface area contributed by atoms with Gasteiger partial charge in [0.15, 0.2) is 0 Å². The van der Waals surface area contributed by atoms with Gasteiger partial charge in [-0.1, -0.05) is 18.2 Å². The first kappa shape index (κ1) is 11.4. The SMILES string of the molecule is CN1CCCC(C(F)c2ccccc2O)C1. The van der Waals surface area contributed by atoms with Crippen molar-refractivity contribution in [3.8, 4) is 5.75 Å². The lowest BCUT2D eigenvalue weighted by Gasteiger charge is -2.31. The van der Waals surface area contributed by atoms with Crippen LogP contribution in [0.2, 0.25) is 0 Å². The zero-order valence-electron chi connectivity index (χ0n) is 9.56. The molecule has 1 N–H and O–H groups in total. The highest BCUT2D eigenvalue weighted by atomic mass is 19.1. The number of halogens is 1. The predicted octanol–water partition coefficient (Wildman–Crippen LogP) is 2.74. The molecule has 2 rings (SSSR count). The zero-order valence-corrected chi connectivity index (χ0v) is 9.56. The minimum absolute atomic E-state index is 0.00653. The first-order chi connectivity index (χ1) is 7.68. The van der Waals surface area contributed by atoms with Gasteiger partial charge in [0.1, 0.15) is 11.9 Å². The van der Waals surface area contributed by atoms with Crippen LogP contribution in [0, 0.1) is 5.92 Å². The molecule has 3 heteroatoms. The van der Waals surface area contributed by atoms with E-state index in [1.165, 1.54) is 0 Å². The number of benzene rings is 1. The van der Waals surface area contributed by atoms with Crippen LogP contribution in [0.4, 0.5) is 4.39 Å². The molecule has 0 radical (unpaired) electrons. The monoisotopic (exact) mass is 223 g/mol. The normalized spacial score (nSPS) is 24.2. The van der Waals surface area contributed by atoms with Crippen molar-refractivity contribution in [3.63, 3.8) is 0 Å². The molecule has 16 heavy (non-hydrogen) atoms. The van der Waals surface area contributed by atoms with Gasteiger partial charge in [-0.05, 0) is 32.5 Å². The van der Waals surface area contributed by atoms with Crippen LogP contribution in [-0.4, -0.2) is 30.1 Å². The summed E-state index contributed by atoms with van der Waals surface area (Å²) in [6.45, 7) is 1.82. The van der Waals surface area contributed by atoms with Crippen LogP contribution in [0.3, 0.4) is 0 Å². The highest BCUT2D eigenvalue weighted by Crippen LogP contribution is 2.36. The Bertz CT molecular complexity index is 356. The molecular formula is C13H18FNO. The average molecular weight is 223 g/mol. The Kier molecular flexibility index (Phi) is 3.44. The molecule has 0 bridgehead atoms. The summed E-state index contributed by atoms with van der Waals surface area (Å²) in [7, 11) is 2.02. The number of piperidine rings is 1. The molecular weight excluding hydrogens is 205 g/mol. The maximum absolute atomic E-state index is 14.3. The minimum atomic E-state index is -1.05. The summed E-state index contributed by atoms with van der Waals surface area (Å²) in [6.07, 6.45) is 0.888. The van der Waals surface area contributed by atoms with E-state index >= 15 is 0 Å². The van der Waals surface area contributed by atoms with Crippen LogP contribution in [-0.2, 0) is 0 Å². The van der Waals surface area contributed by atoms with Gasteiger partial charge in [0.2, 0.25) is 0 Å². The Morgan fingerprint density at radius 2 is 2.19 bits per heavy atom. The smallest absolute Gasteiger partial charge is 0.133 e. The van der Waals surface area contributed by atoms with Crippen molar-refractivity contribution in [1.82, 2.24) is 4.90 Å². The molecule has 2 unspecified atom stereocenters. The van der Waals surface area contributed by atoms with E-state index in [0.717, 1.165) is 25.9 Å². The van der Waals surface area contributed by atoms with Crippen molar-refractivity contribution < 1.29 is 9.50 Å². The standard InChI is InChI=1S/C13H18FNO/c1-15-8-4-5-10(9-15)13(14)11-6-2-3-7-12(11)16/h2-3,6-7,10,13,16H,4-5,8-9H2,1H3. The van der Waals surface area contributed by atoms with Gasteiger partial charge in [-0.25, -0.2) is 4.39 Å². The molecule has 0 amide bonds. The molecule has 2 atom stereocenters. The van der Waals surface area contributed by atoms with Gasteiger partial charge in [-0.2, -0.15) is 0 Å². The second-order valence-electron chi connectivity index (χ2n) is 4.63. The van der Waals surface area contributed by atoms with Crippen LogP contribution in [0.25, 0.3) is 0 Å². The molecule has 0 saturated carbocycles. The van der Waals surface area contributed by atoms with E-state index in [2.05, 4.69) is 4.90 Å². The van der Waals surface area contributed by atoms with Gasteiger partial charge in [-0.3, -0.25) is 0 Å². The van der Waals surface area contributed by atoms with Crippen molar-refractivity contribution in [2.75, 3.05) is 20.1 Å². The maximum Gasteiger partial charge on any atom is 0.133 e. The number of phenols is 1. The van der Waals surface area contributed by atoms with Crippen molar-refractivity contribution in [2.24, 2.45) is 5.92 Å². The Morgan fingerprint density at radius 1 is 1.44 bits per heavy atom. The molecule has 1 heterocycles. The number of aromatic hydroxyl groups is 1. The topological polar surface area (TPSA) is 23.5 Å². The largest absolute Gasteiger partial charge is 0.508 e. The number of hydrogen-bond acceptors (Lipinski definition) is 2. The Balaban J connectivity index is 2.12. The molecule has 1 saturated heterocycles. The molecule has 1 aromatic carbocycles. The van der Waals surface area contributed by atoms with E-state index in [1.807, 2.05) is 7.05 Å². The lowest BCUT2D eigenvalue weighted by molar-refractivity contribution is 0.125. The Hall–Kier alpha value is -1.09. The fraction of sp³-hybridized carbons (Fsp3) is 0.538. The maximum atomic E-state index is 14.3. The summed E-state index contributed by atoms with van der Waals surface area (Å²) < 4.78 is 14.3. The third kappa shape index (κ3) is 2.35. The van der Waals surface area contributed by atoms with Crippen molar-refractivity contribution in [2.45, 2.75) is 19.0 Å². The molecule has 2 nitrogen and oxygen atoms in total. The van der Waals surface area contributed by atoms with Gasteiger partial charge < -0.3 is 10.0 Å². The summed E-state index contributed by atoms with van der Waals surface area (Å²) in [4.78, 5) is 2.15. The number of hydrogen-bond donors (Lipinski definition) is 1. The average Bonchev–Trinajstić information content (AvgIpc) is 2.29. The number of alkyl halides is 1. The summed E-state index contributed by atoms with van der Waals surface area (Å²) >= 11 is 0. The van der Waals surface area contributed by atoms with Crippen molar-refractivity contribution in [1.29, 1.82) is 0 Å². The molecule has 1 aliphatic heterocycles. The van der Waals surface area contributed by atoms with Crippen LogP contribution in [0.5, 0.6) is 5.75 Å². The predicted molar refractivity (Wildman–Crippen MR) is 62.2 cm³/mol. The Labute approximate surface area is 95.7 Å². The first-order valence-electron chi connectivity index (χ1n) is 5.79. The second kappa shape index (κ2) is 4.83. The van der Waals surface area contributed by atoms with Crippen LogP contribution < -0.4 is 0 Å². The molecule has 1 fully saturated rings. The summed E-state index contributed by atoms with van der Waals surface area (Å²) in [5, 5.41) is 9.62. The van der Waals surface area contributed by atoms with Gasteiger partial charge >= 0.3 is 0 Å². The second-order valence-corrected chi connectivity index (χ2v) is 4.63. The van der Waals surface area contributed by atoms with Gasteiger partial charge in [-0.15, -0.1) is 0 Å². The molecule has 1 aromatic rings. The molecule has 0 spiro atoms. The highest BCUT2D eigenvalue weighted by Gasteiger charge is 2.28. The molecule has 1 aliphatic rings. The summed E-state index contributed by atoms with van der Waals surface area (Å²) in [6, 6.07) is 6.72. The summed E-state index contributed by atoms with van der Waals surface area (Å²) in [5.74, 6) is 0.0790. The zero-order chi connectivity index (χ0) is 11.5. The molecule has 0 aliphatic carbocycles. The quantitative estimate of drug-likeness (QED) is 0.833. The van der Waals surface area contributed by atoms with E-state index in [0.29, 0.717) is 5.56 Å². The number of nitrogens with zero attached hydrogens (tertiary/aromatic N) is 1. The number of rotatable bonds is 2. The third-order valence-electron chi connectivity index (χ3n) is 3.31. The number of likely N-dealkylation sites (tertiary alicyclic amines) is 1.